The van der Waals surface area contributed by atoms with Gasteiger partial charge in [0.2, 0.25) is 0 Å². The van der Waals surface area contributed by atoms with Gasteiger partial charge in [-0.1, -0.05) is 211 Å². The molecule has 1 aromatic heterocycles. The van der Waals surface area contributed by atoms with Crippen LogP contribution < -0.4 is 86.1 Å². The molecule has 20 unspecified atom stereocenters. The maximum absolute atomic E-state index is 9.10. The van der Waals surface area contributed by atoms with Gasteiger partial charge >= 0.3 is 0 Å². The minimum absolute atomic E-state index is 0.0209. The number of terminal acetylenes is 1. The number of hydrogen-bond acceptors (Lipinski definition) is 19. The predicted octanol–water partition coefficient (Wildman–Crippen LogP) is 19.5. The number of aromatic nitrogens is 1. The fraction of sp³-hybridized carbons (Fsp3) is 0.408. The van der Waals surface area contributed by atoms with E-state index in [2.05, 4.69) is 306 Å². The van der Waals surface area contributed by atoms with Crippen LogP contribution in [0, 0.1) is 26.2 Å². The third-order valence-corrected chi connectivity index (χ3v) is 29.9. The summed E-state index contributed by atoms with van der Waals surface area (Å²) >= 11 is 0. The van der Waals surface area contributed by atoms with E-state index >= 15 is 0 Å². The van der Waals surface area contributed by atoms with Gasteiger partial charge in [0.05, 0.1) is 26.4 Å². The number of rotatable bonds is 27. The molecule has 0 radical (unpaired) electrons. The van der Waals surface area contributed by atoms with Crippen LogP contribution in [0.2, 0.25) is 0 Å². The molecule has 20 nitrogen and oxygen atoms in total. The second kappa shape index (κ2) is 51.1. The van der Waals surface area contributed by atoms with E-state index in [1.807, 2.05) is 60.7 Å². The molecule has 10 aliphatic carbocycles. The van der Waals surface area contributed by atoms with Crippen molar-refractivity contribution in [3.63, 3.8) is 0 Å². The summed E-state index contributed by atoms with van der Waals surface area (Å²) in [6.45, 7) is 17.5. The number of hydrogen-bond donors (Lipinski definition) is 12. The molecule has 12 aromatic carbocycles. The molecular weight excluding hydrogens is 1790 g/mol. The number of para-hydroxylation sites is 1. The van der Waals surface area contributed by atoms with Crippen LogP contribution in [0.1, 0.15) is 240 Å². The molecule has 24 rings (SSSR count). The number of nitrogens with zero attached hydrogens (tertiary/aromatic N) is 4. The van der Waals surface area contributed by atoms with E-state index in [1.165, 1.54) is 124 Å². The average Bonchev–Trinajstić information content (AvgIpc) is 1.59. The van der Waals surface area contributed by atoms with E-state index in [-0.39, 0.29) is 19.3 Å². The van der Waals surface area contributed by atoms with Crippen LogP contribution in [0.5, 0.6) is 23.0 Å². The Morgan fingerprint density at radius 1 is 0.366 bits per heavy atom. The SMILES string of the molecule is C#CCOc1ccc(C2CC2N)cc1.CCN(CC)c1ccc(C2CC2N)cc1.CCn1c2ccccc2c2cc(C3CC3N)ccc21.CN(C)CCCOc1ccc(C2CC2N)cc1.CN(C)c1ccc(C2CC2N)cc1.Cc1ccc(C2CC2N)cc1.Cc1ccc(C2CC2N)cc1.NC1CC1c1ccc(CO)c(CO)c1.NC1CC1c1ccc2c(c1)CCO2.NC1CC1c1cccc(OCc2ccccc2)c1. The van der Waals surface area contributed by atoms with Crippen molar-refractivity contribution in [2.75, 3.05) is 77.4 Å². The van der Waals surface area contributed by atoms with Gasteiger partial charge in [-0.2, -0.15) is 0 Å². The molecule has 11 aliphatic rings. The molecule has 1 aliphatic heterocycles. The molecule has 0 spiro atoms. The smallest absolute Gasteiger partial charge is 0.148 e. The third-order valence-electron chi connectivity index (χ3n) is 29.9. The highest BCUT2D eigenvalue weighted by atomic mass is 16.5. The lowest BCUT2D eigenvalue weighted by Crippen LogP contribution is -2.21. The number of fused-ring (bicyclic) bond motifs is 4. The zero-order chi connectivity index (χ0) is 102. The van der Waals surface area contributed by atoms with Crippen LogP contribution in [0.4, 0.5) is 11.4 Å². The van der Waals surface area contributed by atoms with Gasteiger partial charge < -0.3 is 106 Å². The fourth-order valence-corrected chi connectivity index (χ4v) is 19.3. The maximum Gasteiger partial charge on any atom is 0.148 e. The quantitative estimate of drug-likeness (QED) is 0.0168. The van der Waals surface area contributed by atoms with Crippen LogP contribution in [0.25, 0.3) is 21.8 Å². The summed E-state index contributed by atoms with van der Waals surface area (Å²) in [4.78, 5) is 6.63. The van der Waals surface area contributed by atoms with Crippen molar-refractivity contribution in [1.82, 2.24) is 9.47 Å². The van der Waals surface area contributed by atoms with Crippen LogP contribution in [-0.4, -0.2) is 148 Å². The first-order valence-corrected chi connectivity index (χ1v) is 52.9. The van der Waals surface area contributed by atoms with Gasteiger partial charge in [0.25, 0.3) is 0 Å². The van der Waals surface area contributed by atoms with Crippen molar-refractivity contribution >= 4 is 33.2 Å². The molecule has 10 saturated carbocycles. The predicted molar refractivity (Wildman–Crippen MR) is 599 cm³/mol. The van der Waals surface area contributed by atoms with Gasteiger partial charge in [0.15, 0.2) is 0 Å². The molecule has 0 amide bonds. The molecule has 20 atom stereocenters. The Morgan fingerprint density at radius 3 is 1.17 bits per heavy atom. The molecule has 766 valence electrons. The van der Waals surface area contributed by atoms with Crippen molar-refractivity contribution < 1.29 is 29.2 Å². The minimum atomic E-state index is -0.0221. The van der Waals surface area contributed by atoms with E-state index in [0.29, 0.717) is 127 Å². The van der Waals surface area contributed by atoms with Gasteiger partial charge in [-0.25, -0.2) is 0 Å². The molecule has 0 bridgehead atoms. The first kappa shape index (κ1) is 108. The van der Waals surface area contributed by atoms with Gasteiger partial charge in [-0.3, -0.25) is 0 Å². The lowest BCUT2D eigenvalue weighted by atomic mass is 10.0. The van der Waals surface area contributed by atoms with Gasteiger partial charge in [-0.05, 0) is 282 Å². The number of aliphatic hydroxyl groups is 2. The summed E-state index contributed by atoms with van der Waals surface area (Å²) in [6, 6.07) is 101. The Bertz CT molecular complexity index is 6220. The fourth-order valence-electron chi connectivity index (χ4n) is 19.3. The summed E-state index contributed by atoms with van der Waals surface area (Å²) in [5.74, 6) is 12.1. The summed E-state index contributed by atoms with van der Waals surface area (Å²) < 4.78 is 24.6. The summed E-state index contributed by atoms with van der Waals surface area (Å²) in [6.07, 6.45) is 18.5. The van der Waals surface area contributed by atoms with Gasteiger partial charge in [0.1, 0.15) is 36.2 Å². The number of nitrogens with two attached hydrogens (primary N) is 10. The number of aryl methyl sites for hydroxylation is 3. The van der Waals surface area contributed by atoms with Crippen molar-refractivity contribution in [3.8, 4) is 35.3 Å². The molecular formula is C125H160N14O6. The zero-order valence-corrected chi connectivity index (χ0v) is 86.8. The third kappa shape index (κ3) is 31.2. The van der Waals surface area contributed by atoms with Crippen LogP contribution in [0.3, 0.4) is 0 Å². The van der Waals surface area contributed by atoms with E-state index in [1.54, 1.807) is 0 Å². The number of aliphatic hydroxyl groups excluding tert-OH is 2. The highest BCUT2D eigenvalue weighted by molar-refractivity contribution is 6.08. The Hall–Kier alpha value is -11.7. The Kier molecular flexibility index (Phi) is 37.9. The second-order valence-corrected chi connectivity index (χ2v) is 42.0. The Balaban J connectivity index is 0.000000122. The molecule has 22 N–H and O–H groups in total. The number of anilines is 2. The Labute approximate surface area is 862 Å². The van der Waals surface area contributed by atoms with Crippen molar-refractivity contribution in [1.29, 1.82) is 0 Å². The van der Waals surface area contributed by atoms with Crippen LogP contribution in [-0.2, 0) is 32.8 Å². The maximum atomic E-state index is 9.10. The van der Waals surface area contributed by atoms with E-state index in [4.69, 9.17) is 92.9 Å². The van der Waals surface area contributed by atoms with Gasteiger partial charge in [0, 0.05) is 199 Å². The van der Waals surface area contributed by atoms with Crippen molar-refractivity contribution in [2.24, 2.45) is 57.3 Å². The van der Waals surface area contributed by atoms with E-state index in [0.717, 1.165) is 138 Å². The standard InChI is InChI=1S/C17H18N2.C16H17NO.C14H22N2O.C13H20N2.C12H13NO.C11H16N2.C11H15NO2.C11H13NO.2C10H13N/c1-2-19-16-6-4-3-5-12(16)14-9-11(7-8-17(14)19)13-10-15(13)18;17-16-10-15(16)13-7-4-8-14(9-13)18-11-12-5-2-1-3-6-12;1-16(2)8-3-9-17-12-6-4-11(5-7-12)13-10-14(13)15;1-3-15(4-2)11-7-5-10(6-8-11)12-9-13(12)14;1-2-7-14-10-5-3-9(4-6-10)11-8-12(11)13;1-13(2)9-5-3-8(4-6-9)10-7-11(10)12;12-11-4-10(11)7-1-2-8(5-13)9(3-7)6-14;12-10-6-9(10)7-1-2-11-8(5-7)3-4-13-11;2*1-7-2-4-8(5-3-7)9-6-10(9)11/h3-9,13,15H,2,10,18H2,1H3;1-9,15-16H,10-11,17H2;4-7,13-14H,3,8-10,15H2,1-2H3;5-8,12-13H,3-4,9,14H2,1-2H3;1,3-6,11-12H,7-8,13H2;3-6,10-11H,7,12H2,1-2H3;1-3,10-11,13-14H,4-6,12H2;1-2,5,9-10H,3-4,6,12H2;2*2-5,9-10H,6,11H2,1H3. The summed E-state index contributed by atoms with van der Waals surface area (Å²) in [5, 5.41) is 20.8. The topological polar surface area (TPSA) is 352 Å². The van der Waals surface area contributed by atoms with E-state index < -0.39 is 0 Å². The molecule has 145 heavy (non-hydrogen) atoms. The number of benzene rings is 12. The monoisotopic (exact) mass is 1950 g/mol. The summed E-state index contributed by atoms with van der Waals surface area (Å²) in [7, 11) is 8.26. The van der Waals surface area contributed by atoms with Crippen molar-refractivity contribution in [3.05, 3.63) is 368 Å². The van der Waals surface area contributed by atoms with Crippen molar-refractivity contribution in [2.45, 2.75) is 258 Å². The molecule has 13 aromatic rings. The molecule has 10 fully saturated rings. The second-order valence-electron chi connectivity index (χ2n) is 42.0. The highest BCUT2D eigenvalue weighted by Crippen LogP contribution is 2.48. The zero-order valence-electron chi connectivity index (χ0n) is 86.8. The van der Waals surface area contributed by atoms with Crippen LogP contribution >= 0.6 is 0 Å². The lowest BCUT2D eigenvalue weighted by molar-refractivity contribution is 0.260. The molecule has 2 heterocycles. The highest BCUT2D eigenvalue weighted by Gasteiger charge is 2.42. The first-order valence-electron chi connectivity index (χ1n) is 52.9. The minimum Gasteiger partial charge on any atom is -0.494 e. The Morgan fingerprint density at radius 2 is 0.745 bits per heavy atom. The average molecular weight is 1950 g/mol. The number of ether oxygens (including phenoxy) is 4. The van der Waals surface area contributed by atoms with Gasteiger partial charge in [-0.15, -0.1) is 6.42 Å². The normalized spacial score (nSPS) is 24.8. The van der Waals surface area contributed by atoms with Crippen LogP contribution in [0.15, 0.2) is 279 Å². The largest absolute Gasteiger partial charge is 0.494 e. The van der Waals surface area contributed by atoms with E-state index in [9.17, 15) is 0 Å². The summed E-state index contributed by atoms with van der Waals surface area (Å²) in [5.41, 5.74) is 83.6. The first-order chi connectivity index (χ1) is 70.2. The lowest BCUT2D eigenvalue weighted by Gasteiger charge is -2.21. The molecule has 20 heteroatoms. The molecule has 0 saturated heterocycles.